The Morgan fingerprint density at radius 2 is 2.00 bits per heavy atom. The highest BCUT2D eigenvalue weighted by Crippen LogP contribution is 2.24. The Morgan fingerprint density at radius 1 is 1.31 bits per heavy atom. The second-order valence-corrected chi connectivity index (χ2v) is 6.57. The van der Waals surface area contributed by atoms with Crippen molar-refractivity contribution in [1.82, 2.24) is 0 Å². The minimum atomic E-state index is -3.57. The molecule has 0 unspecified atom stereocenters. The zero-order chi connectivity index (χ0) is 11.6. The molecule has 0 saturated carbocycles. The molecule has 1 aliphatic rings. The minimum absolute atomic E-state index is 0.156. The van der Waals surface area contributed by atoms with E-state index in [-0.39, 0.29) is 11.0 Å². The molecule has 16 heavy (non-hydrogen) atoms. The van der Waals surface area contributed by atoms with Crippen LogP contribution in [-0.4, -0.2) is 26.0 Å². The lowest BCUT2D eigenvalue weighted by atomic mass is 10.2. The molecule has 3 nitrogen and oxygen atoms in total. The van der Waals surface area contributed by atoms with Crippen LogP contribution in [0.5, 0.6) is 0 Å². The third-order valence-corrected chi connectivity index (χ3v) is 4.97. The second kappa shape index (κ2) is 4.77. The number of hydrogen-bond acceptors (Lipinski definition) is 4. The zero-order valence-electron chi connectivity index (χ0n) is 9.05. The summed E-state index contributed by atoms with van der Waals surface area (Å²) in [6.07, 6.45) is 0.659. The average molecular weight is 258 g/mol. The molecule has 5 heteroatoms. The molecule has 2 rings (SSSR count). The molecule has 0 N–H and O–H groups in total. The van der Waals surface area contributed by atoms with Crippen molar-refractivity contribution in [3.05, 3.63) is 29.8 Å². The van der Waals surface area contributed by atoms with Crippen molar-refractivity contribution in [3.63, 3.8) is 0 Å². The lowest BCUT2D eigenvalue weighted by Gasteiger charge is -2.10. The molecule has 0 spiro atoms. The molecule has 1 aromatic carbocycles. The van der Waals surface area contributed by atoms with Gasteiger partial charge in [-0.1, -0.05) is 17.7 Å². The summed E-state index contributed by atoms with van der Waals surface area (Å²) in [5.41, 5.74) is 1.04. The van der Waals surface area contributed by atoms with Gasteiger partial charge in [0.15, 0.2) is 0 Å². The van der Waals surface area contributed by atoms with Gasteiger partial charge < -0.3 is 0 Å². The second-order valence-electron chi connectivity index (χ2n) is 3.85. The summed E-state index contributed by atoms with van der Waals surface area (Å²) in [5, 5.41) is 0. The predicted molar refractivity (Wildman–Crippen MR) is 65.2 cm³/mol. The van der Waals surface area contributed by atoms with E-state index in [1.807, 2.05) is 6.92 Å². The first kappa shape index (κ1) is 12.0. The van der Waals surface area contributed by atoms with Gasteiger partial charge in [0.25, 0.3) is 10.1 Å². The van der Waals surface area contributed by atoms with Crippen LogP contribution in [0.1, 0.15) is 12.0 Å². The molecule has 1 heterocycles. The SMILES string of the molecule is Cc1ccc(S(=O)(=O)O[C@H]2CCSC2)cc1. The Hall–Kier alpha value is -0.520. The average Bonchev–Trinajstić information content (AvgIpc) is 2.70. The molecule has 0 aliphatic carbocycles. The van der Waals surface area contributed by atoms with Crippen molar-refractivity contribution in [2.75, 3.05) is 11.5 Å². The van der Waals surface area contributed by atoms with Crippen molar-refractivity contribution in [3.8, 4) is 0 Å². The molecular weight excluding hydrogens is 244 g/mol. The molecule has 1 aromatic rings. The van der Waals surface area contributed by atoms with Gasteiger partial charge in [0.2, 0.25) is 0 Å². The van der Waals surface area contributed by atoms with Gasteiger partial charge in [0.05, 0.1) is 11.0 Å². The number of benzene rings is 1. The van der Waals surface area contributed by atoms with Gasteiger partial charge in [-0.3, -0.25) is 4.18 Å². The highest BCUT2D eigenvalue weighted by molar-refractivity contribution is 7.99. The summed E-state index contributed by atoms with van der Waals surface area (Å²) >= 11 is 1.73. The summed E-state index contributed by atoms with van der Waals surface area (Å²) in [4.78, 5) is 0.245. The maximum absolute atomic E-state index is 11.9. The van der Waals surface area contributed by atoms with Crippen molar-refractivity contribution in [2.24, 2.45) is 0 Å². The quantitative estimate of drug-likeness (QED) is 0.780. The molecule has 1 aliphatic heterocycles. The zero-order valence-corrected chi connectivity index (χ0v) is 10.7. The smallest absolute Gasteiger partial charge is 0.262 e. The van der Waals surface area contributed by atoms with Gasteiger partial charge in [-0.2, -0.15) is 20.2 Å². The summed E-state index contributed by atoms with van der Waals surface area (Å²) < 4.78 is 28.9. The number of aryl methyl sites for hydroxylation is 1. The summed E-state index contributed by atoms with van der Waals surface area (Å²) in [7, 11) is -3.57. The van der Waals surface area contributed by atoms with Crippen LogP contribution < -0.4 is 0 Å². The topological polar surface area (TPSA) is 43.4 Å². The highest BCUT2D eigenvalue weighted by atomic mass is 32.2. The Kier molecular flexibility index (Phi) is 3.56. The Bertz CT molecular complexity index is 445. The van der Waals surface area contributed by atoms with E-state index in [0.29, 0.717) is 0 Å². The van der Waals surface area contributed by atoms with Crippen molar-refractivity contribution >= 4 is 21.9 Å². The first-order valence-electron chi connectivity index (χ1n) is 5.16. The van der Waals surface area contributed by atoms with E-state index in [1.165, 1.54) is 0 Å². The molecular formula is C11H14O3S2. The molecule has 88 valence electrons. The van der Waals surface area contributed by atoms with Crippen molar-refractivity contribution in [2.45, 2.75) is 24.3 Å². The molecule has 1 saturated heterocycles. The van der Waals surface area contributed by atoms with Gasteiger partial charge >= 0.3 is 0 Å². The third kappa shape index (κ3) is 2.78. The lowest BCUT2D eigenvalue weighted by Crippen LogP contribution is -2.17. The largest absolute Gasteiger partial charge is 0.297 e. The Morgan fingerprint density at radius 3 is 2.56 bits per heavy atom. The number of thioether (sulfide) groups is 1. The summed E-state index contributed by atoms with van der Waals surface area (Å²) in [6, 6.07) is 6.73. The van der Waals surface area contributed by atoms with E-state index in [2.05, 4.69) is 0 Å². The molecule has 0 aromatic heterocycles. The van der Waals surface area contributed by atoms with Crippen LogP contribution in [0.15, 0.2) is 29.2 Å². The lowest BCUT2D eigenvalue weighted by molar-refractivity contribution is 0.236. The van der Waals surface area contributed by atoms with E-state index in [4.69, 9.17) is 4.18 Å². The van der Waals surface area contributed by atoms with Crippen LogP contribution in [0.25, 0.3) is 0 Å². The molecule has 1 atom stereocenters. The van der Waals surface area contributed by atoms with Gasteiger partial charge in [0.1, 0.15) is 0 Å². The van der Waals surface area contributed by atoms with Gasteiger partial charge in [-0.15, -0.1) is 0 Å². The van der Waals surface area contributed by atoms with Gasteiger partial charge in [-0.25, -0.2) is 0 Å². The Labute approximate surface area is 100 Å². The van der Waals surface area contributed by atoms with E-state index in [0.717, 1.165) is 23.5 Å². The molecule has 0 bridgehead atoms. The van der Waals surface area contributed by atoms with Crippen molar-refractivity contribution < 1.29 is 12.6 Å². The molecule has 0 amide bonds. The normalized spacial score (nSPS) is 21.2. The van der Waals surface area contributed by atoms with Gasteiger partial charge in [0, 0.05) is 5.75 Å². The fourth-order valence-corrected chi connectivity index (χ4v) is 3.81. The van der Waals surface area contributed by atoms with E-state index >= 15 is 0 Å². The summed E-state index contributed by atoms with van der Waals surface area (Å²) in [5.74, 6) is 1.75. The van der Waals surface area contributed by atoms with Gasteiger partial charge in [-0.05, 0) is 31.2 Å². The monoisotopic (exact) mass is 258 g/mol. The number of rotatable bonds is 3. The van der Waals surface area contributed by atoms with Crippen LogP contribution in [0.2, 0.25) is 0 Å². The van der Waals surface area contributed by atoms with Crippen LogP contribution in [0.3, 0.4) is 0 Å². The maximum atomic E-state index is 11.9. The predicted octanol–water partition coefficient (Wildman–Crippen LogP) is 2.21. The number of hydrogen-bond donors (Lipinski definition) is 0. The summed E-state index contributed by atoms with van der Waals surface area (Å²) in [6.45, 7) is 1.92. The highest BCUT2D eigenvalue weighted by Gasteiger charge is 2.24. The first-order valence-corrected chi connectivity index (χ1v) is 7.72. The first-order chi connectivity index (χ1) is 7.58. The van der Waals surface area contributed by atoms with Crippen molar-refractivity contribution in [1.29, 1.82) is 0 Å². The minimum Gasteiger partial charge on any atom is -0.262 e. The Balaban J connectivity index is 2.14. The van der Waals surface area contributed by atoms with E-state index < -0.39 is 10.1 Å². The fraction of sp³-hybridized carbons (Fsp3) is 0.455. The van der Waals surface area contributed by atoms with E-state index in [1.54, 1.807) is 36.0 Å². The fourth-order valence-electron chi connectivity index (χ4n) is 1.53. The van der Waals surface area contributed by atoms with Crippen LogP contribution in [0.4, 0.5) is 0 Å². The van der Waals surface area contributed by atoms with Crippen LogP contribution in [0, 0.1) is 6.92 Å². The van der Waals surface area contributed by atoms with E-state index in [9.17, 15) is 8.42 Å². The third-order valence-electron chi connectivity index (χ3n) is 2.46. The molecule has 0 radical (unpaired) electrons. The standard InChI is InChI=1S/C11H14O3S2/c1-9-2-4-11(5-3-9)16(12,13)14-10-6-7-15-8-10/h2-5,10H,6-8H2,1H3/t10-/m0/s1. The molecule has 1 fully saturated rings. The van der Waals surface area contributed by atoms with Crippen LogP contribution in [-0.2, 0) is 14.3 Å². The van der Waals surface area contributed by atoms with Crippen LogP contribution >= 0.6 is 11.8 Å². The maximum Gasteiger partial charge on any atom is 0.297 e.